The van der Waals surface area contributed by atoms with Crippen LogP contribution in [0.25, 0.3) is 0 Å². The highest BCUT2D eigenvalue weighted by Gasteiger charge is 2.23. The molecular formula is C17H19N3O2. The van der Waals surface area contributed by atoms with Gasteiger partial charge in [0, 0.05) is 37.6 Å². The Hall–Kier alpha value is -2.14. The summed E-state index contributed by atoms with van der Waals surface area (Å²) in [5.41, 5.74) is 2.38. The molecule has 3 heterocycles. The zero-order valence-corrected chi connectivity index (χ0v) is 12.4. The monoisotopic (exact) mass is 297 g/mol. The third-order valence-electron chi connectivity index (χ3n) is 4.35. The average Bonchev–Trinajstić information content (AvgIpc) is 3.04. The van der Waals surface area contributed by atoms with Gasteiger partial charge in [-0.25, -0.2) is 0 Å². The maximum absolute atomic E-state index is 5.46. The summed E-state index contributed by atoms with van der Waals surface area (Å²) in [6, 6.07) is 6.22. The number of fused-ring (bicyclic) bond motifs is 1. The minimum Gasteiger partial charge on any atom is -0.454 e. The summed E-state index contributed by atoms with van der Waals surface area (Å²) in [5, 5.41) is 0. The third kappa shape index (κ3) is 2.76. The highest BCUT2D eigenvalue weighted by atomic mass is 16.7. The fraction of sp³-hybridized carbons (Fsp3) is 0.412. The molecule has 0 amide bonds. The Kier molecular flexibility index (Phi) is 3.64. The van der Waals surface area contributed by atoms with Gasteiger partial charge in [-0.1, -0.05) is 6.07 Å². The van der Waals surface area contributed by atoms with Gasteiger partial charge in [0.25, 0.3) is 0 Å². The van der Waals surface area contributed by atoms with Crippen LogP contribution in [-0.4, -0.2) is 34.8 Å². The molecule has 0 bridgehead atoms. The predicted octanol–water partition coefficient (Wildman–Crippen LogP) is 2.58. The van der Waals surface area contributed by atoms with Gasteiger partial charge in [0.05, 0.1) is 5.69 Å². The van der Waals surface area contributed by atoms with Crippen molar-refractivity contribution in [3.8, 4) is 11.5 Å². The van der Waals surface area contributed by atoms with Crippen LogP contribution in [0.2, 0.25) is 0 Å². The quantitative estimate of drug-likeness (QED) is 0.871. The number of hydrogen-bond donors (Lipinski definition) is 0. The number of likely N-dealkylation sites (tertiary alicyclic amines) is 1. The molecule has 1 atom stereocenters. The van der Waals surface area contributed by atoms with Crippen LogP contribution in [0.5, 0.6) is 11.5 Å². The largest absolute Gasteiger partial charge is 0.454 e. The molecule has 1 saturated heterocycles. The van der Waals surface area contributed by atoms with Crippen molar-refractivity contribution in [3.05, 3.63) is 48.0 Å². The molecule has 5 heteroatoms. The highest BCUT2D eigenvalue weighted by Crippen LogP contribution is 2.33. The van der Waals surface area contributed by atoms with Gasteiger partial charge in [0.15, 0.2) is 11.5 Å². The number of hydrogen-bond acceptors (Lipinski definition) is 5. The van der Waals surface area contributed by atoms with E-state index in [1.807, 2.05) is 12.3 Å². The zero-order chi connectivity index (χ0) is 14.8. The summed E-state index contributed by atoms with van der Waals surface area (Å²) in [6.45, 7) is 3.43. The van der Waals surface area contributed by atoms with E-state index >= 15 is 0 Å². The van der Waals surface area contributed by atoms with Crippen LogP contribution in [0.1, 0.15) is 30.0 Å². The van der Waals surface area contributed by atoms with Gasteiger partial charge in [-0.05, 0) is 37.1 Å². The second kappa shape index (κ2) is 5.93. The molecule has 1 fully saturated rings. The van der Waals surface area contributed by atoms with Crippen LogP contribution in [0.3, 0.4) is 0 Å². The van der Waals surface area contributed by atoms with E-state index in [-0.39, 0.29) is 0 Å². The summed E-state index contributed by atoms with van der Waals surface area (Å²) in [6.07, 6.45) is 7.81. The minimum atomic E-state index is 0.331. The standard InChI is InChI=1S/C17H19N3O2/c1-2-14(15-9-18-5-6-19-15)11-20(7-1)10-13-3-4-16-17(8-13)22-12-21-16/h3-6,8-9,14H,1-2,7,10-12H2. The second-order valence-electron chi connectivity index (χ2n) is 5.89. The number of piperidine rings is 1. The lowest BCUT2D eigenvalue weighted by Crippen LogP contribution is -2.34. The molecule has 0 saturated carbocycles. The summed E-state index contributed by atoms with van der Waals surface area (Å²) in [5.74, 6) is 2.19. The summed E-state index contributed by atoms with van der Waals surface area (Å²) in [4.78, 5) is 11.1. The number of aromatic nitrogens is 2. The molecule has 1 aromatic carbocycles. The maximum atomic E-state index is 5.46. The zero-order valence-electron chi connectivity index (χ0n) is 12.4. The molecule has 0 N–H and O–H groups in total. The van der Waals surface area contributed by atoms with Gasteiger partial charge in [0.2, 0.25) is 6.79 Å². The van der Waals surface area contributed by atoms with Crippen molar-refractivity contribution in [2.45, 2.75) is 25.3 Å². The number of rotatable bonds is 3. The topological polar surface area (TPSA) is 47.5 Å². The fourth-order valence-electron chi connectivity index (χ4n) is 3.26. The lowest BCUT2D eigenvalue weighted by Gasteiger charge is -2.32. The molecule has 22 heavy (non-hydrogen) atoms. The predicted molar refractivity (Wildman–Crippen MR) is 81.8 cm³/mol. The van der Waals surface area contributed by atoms with Crippen molar-refractivity contribution in [3.63, 3.8) is 0 Å². The van der Waals surface area contributed by atoms with Crippen molar-refractivity contribution in [1.82, 2.24) is 14.9 Å². The molecule has 2 aliphatic rings. The first kappa shape index (κ1) is 13.5. The summed E-state index contributed by atoms with van der Waals surface area (Å²) in [7, 11) is 0. The van der Waals surface area contributed by atoms with E-state index < -0.39 is 0 Å². The fourth-order valence-corrected chi connectivity index (χ4v) is 3.26. The van der Waals surface area contributed by atoms with E-state index in [2.05, 4.69) is 27.0 Å². The van der Waals surface area contributed by atoms with Crippen molar-refractivity contribution >= 4 is 0 Å². The number of ether oxygens (including phenoxy) is 2. The first-order chi connectivity index (χ1) is 10.9. The number of benzene rings is 1. The molecule has 0 radical (unpaired) electrons. The molecular weight excluding hydrogens is 278 g/mol. The van der Waals surface area contributed by atoms with Crippen molar-refractivity contribution < 1.29 is 9.47 Å². The van der Waals surface area contributed by atoms with Gasteiger partial charge < -0.3 is 9.47 Å². The van der Waals surface area contributed by atoms with Gasteiger partial charge in [-0.3, -0.25) is 14.9 Å². The maximum Gasteiger partial charge on any atom is 0.231 e. The van der Waals surface area contributed by atoms with Gasteiger partial charge in [-0.2, -0.15) is 0 Å². The van der Waals surface area contributed by atoms with E-state index in [1.165, 1.54) is 18.4 Å². The lowest BCUT2D eigenvalue weighted by molar-refractivity contribution is 0.173. The van der Waals surface area contributed by atoms with Crippen LogP contribution in [0.15, 0.2) is 36.8 Å². The van der Waals surface area contributed by atoms with Gasteiger partial charge in [0.1, 0.15) is 0 Å². The Morgan fingerprint density at radius 1 is 1.18 bits per heavy atom. The SMILES string of the molecule is c1cnc(C2CCCN(Cc3ccc4c(c3)OCO4)C2)cn1. The van der Waals surface area contributed by atoms with Crippen LogP contribution >= 0.6 is 0 Å². The molecule has 0 spiro atoms. The third-order valence-corrected chi connectivity index (χ3v) is 4.35. The van der Waals surface area contributed by atoms with E-state index in [1.54, 1.807) is 12.4 Å². The second-order valence-corrected chi connectivity index (χ2v) is 5.89. The molecule has 5 nitrogen and oxygen atoms in total. The van der Waals surface area contributed by atoms with Crippen LogP contribution in [-0.2, 0) is 6.54 Å². The molecule has 1 aromatic heterocycles. The Morgan fingerprint density at radius 2 is 2.14 bits per heavy atom. The smallest absolute Gasteiger partial charge is 0.231 e. The van der Waals surface area contributed by atoms with E-state index in [9.17, 15) is 0 Å². The molecule has 114 valence electrons. The molecule has 4 rings (SSSR count). The van der Waals surface area contributed by atoms with Crippen molar-refractivity contribution in [2.24, 2.45) is 0 Å². The molecule has 1 unspecified atom stereocenters. The summed E-state index contributed by atoms with van der Waals surface area (Å²) >= 11 is 0. The highest BCUT2D eigenvalue weighted by molar-refractivity contribution is 5.44. The average molecular weight is 297 g/mol. The molecule has 2 aromatic rings. The van der Waals surface area contributed by atoms with Crippen LogP contribution < -0.4 is 9.47 Å². The van der Waals surface area contributed by atoms with E-state index in [0.717, 1.165) is 36.8 Å². The minimum absolute atomic E-state index is 0.331. The molecule has 0 aliphatic carbocycles. The van der Waals surface area contributed by atoms with Gasteiger partial charge in [-0.15, -0.1) is 0 Å². The number of nitrogens with zero attached hydrogens (tertiary/aromatic N) is 3. The Morgan fingerprint density at radius 3 is 3.05 bits per heavy atom. The van der Waals surface area contributed by atoms with Crippen molar-refractivity contribution in [1.29, 1.82) is 0 Å². The Bertz CT molecular complexity index is 648. The lowest BCUT2D eigenvalue weighted by atomic mass is 9.94. The first-order valence-corrected chi connectivity index (χ1v) is 7.75. The van der Waals surface area contributed by atoms with E-state index in [4.69, 9.17) is 9.47 Å². The van der Waals surface area contributed by atoms with E-state index in [0.29, 0.717) is 12.7 Å². The van der Waals surface area contributed by atoms with Crippen LogP contribution in [0.4, 0.5) is 0 Å². The van der Waals surface area contributed by atoms with Crippen LogP contribution in [0, 0.1) is 0 Å². The summed E-state index contributed by atoms with van der Waals surface area (Å²) < 4.78 is 10.8. The Balaban J connectivity index is 1.44. The Labute approximate surface area is 129 Å². The molecule has 2 aliphatic heterocycles. The first-order valence-electron chi connectivity index (χ1n) is 7.75. The normalized spacial score (nSPS) is 21.0. The van der Waals surface area contributed by atoms with Gasteiger partial charge >= 0.3 is 0 Å². The van der Waals surface area contributed by atoms with Crippen molar-refractivity contribution in [2.75, 3.05) is 19.9 Å².